The van der Waals surface area contributed by atoms with Crippen LogP contribution in [-0.4, -0.2) is 61.4 Å². The summed E-state index contributed by atoms with van der Waals surface area (Å²) in [5.74, 6) is -3.31. The van der Waals surface area contributed by atoms with Crippen LogP contribution in [0.1, 0.15) is 34.1 Å². The molecule has 1 saturated heterocycles. The van der Waals surface area contributed by atoms with Gasteiger partial charge in [-0.3, -0.25) is 0 Å². The molecule has 0 bridgehead atoms. The van der Waals surface area contributed by atoms with E-state index in [-0.39, 0.29) is 40.9 Å². The van der Waals surface area contributed by atoms with Gasteiger partial charge in [-0.05, 0) is 44.4 Å². The van der Waals surface area contributed by atoms with E-state index < -0.39 is 33.1 Å². The van der Waals surface area contributed by atoms with E-state index in [0.717, 1.165) is 30.8 Å². The lowest BCUT2D eigenvalue weighted by Crippen LogP contribution is -2.50. The van der Waals surface area contributed by atoms with E-state index in [2.05, 4.69) is 9.97 Å². The number of hydrogen-bond acceptors (Lipinski definition) is 8. The third kappa shape index (κ3) is 6.36. The van der Waals surface area contributed by atoms with Gasteiger partial charge in [0.1, 0.15) is 6.33 Å². The van der Waals surface area contributed by atoms with Crippen molar-refractivity contribution in [3.8, 4) is 17.5 Å². The van der Waals surface area contributed by atoms with Gasteiger partial charge < -0.3 is 19.1 Å². The molecule has 1 aliphatic heterocycles. The molecule has 1 amide bonds. The second kappa shape index (κ2) is 10.3. The second-order valence-electron chi connectivity index (χ2n) is 9.24. The fourth-order valence-electron chi connectivity index (χ4n) is 3.58. The number of aromatic nitrogens is 2. The van der Waals surface area contributed by atoms with Gasteiger partial charge in [0.25, 0.3) is 11.8 Å². The normalized spacial score (nSPS) is 20.6. The molecule has 2 heterocycles. The van der Waals surface area contributed by atoms with Crippen molar-refractivity contribution in [2.75, 3.05) is 26.0 Å². The first-order valence-electron chi connectivity index (χ1n) is 11.1. The van der Waals surface area contributed by atoms with Crippen LogP contribution in [0.3, 0.4) is 0 Å². The fraction of sp³-hybridized carbons (Fsp3) is 0.522. The molecule has 0 N–H and O–H groups in total. The molecule has 0 aliphatic carbocycles. The molecule has 1 aliphatic rings. The van der Waals surface area contributed by atoms with Gasteiger partial charge in [-0.2, -0.15) is 14.4 Å². The van der Waals surface area contributed by atoms with E-state index >= 15 is 0 Å². The van der Waals surface area contributed by atoms with Crippen molar-refractivity contribution in [2.45, 2.75) is 45.1 Å². The van der Waals surface area contributed by atoms with Crippen LogP contribution in [-0.2, 0) is 14.6 Å². The van der Waals surface area contributed by atoms with Crippen molar-refractivity contribution < 1.29 is 36.2 Å². The lowest BCUT2D eigenvalue weighted by molar-refractivity contribution is 0.00425. The quantitative estimate of drug-likeness (QED) is 0.542. The Labute approximate surface area is 203 Å². The maximum atomic E-state index is 15.0. The van der Waals surface area contributed by atoms with Gasteiger partial charge in [0, 0.05) is 24.8 Å². The van der Waals surface area contributed by atoms with Gasteiger partial charge in [-0.15, -0.1) is 0 Å². The number of nitrogens with zero attached hydrogens (tertiary/aromatic N) is 3. The van der Waals surface area contributed by atoms with E-state index in [0.29, 0.717) is 19.5 Å². The Morgan fingerprint density at radius 2 is 1.94 bits per heavy atom. The van der Waals surface area contributed by atoms with E-state index in [1.807, 2.05) is 13.8 Å². The minimum atomic E-state index is -3.62. The maximum absolute atomic E-state index is 15.0. The van der Waals surface area contributed by atoms with Gasteiger partial charge >= 0.3 is 6.09 Å². The molecular weight excluding hydrogens is 484 g/mol. The van der Waals surface area contributed by atoms with E-state index in [4.69, 9.17) is 14.2 Å². The minimum absolute atomic E-state index is 0.0269. The van der Waals surface area contributed by atoms with Crippen LogP contribution in [0, 0.1) is 23.0 Å². The monoisotopic (exact) mass is 513 g/mol. The Hall–Kier alpha value is -3.02. The Morgan fingerprint density at radius 3 is 2.54 bits per heavy atom. The van der Waals surface area contributed by atoms with Gasteiger partial charge in [-0.1, -0.05) is 13.8 Å². The van der Waals surface area contributed by atoms with Gasteiger partial charge in [-0.25, -0.2) is 17.6 Å². The van der Waals surface area contributed by atoms with Crippen LogP contribution < -0.4 is 9.47 Å². The van der Waals surface area contributed by atoms with Crippen molar-refractivity contribution in [3.63, 3.8) is 0 Å². The third-order valence-corrected chi connectivity index (χ3v) is 7.14. The van der Waals surface area contributed by atoms with E-state index in [1.165, 1.54) is 0 Å². The highest BCUT2D eigenvalue weighted by Gasteiger charge is 2.39. The number of carbonyl (C=O) groups is 1. The molecule has 0 spiro atoms. The topological polar surface area (TPSA) is 108 Å². The molecule has 192 valence electrons. The molecule has 2 atom stereocenters. The first-order valence-corrected chi connectivity index (χ1v) is 13.0. The molecule has 9 nitrogen and oxygen atoms in total. The van der Waals surface area contributed by atoms with Gasteiger partial charge in [0.15, 0.2) is 21.4 Å². The molecule has 2 unspecified atom stereocenters. The van der Waals surface area contributed by atoms with Crippen LogP contribution in [0.25, 0.3) is 0 Å². The number of likely N-dealkylation sites (tertiary alicyclic amines) is 1. The maximum Gasteiger partial charge on any atom is 0.410 e. The Kier molecular flexibility index (Phi) is 7.83. The number of sulfone groups is 1. The first-order chi connectivity index (χ1) is 16.3. The van der Waals surface area contributed by atoms with Crippen LogP contribution in [0.15, 0.2) is 29.4 Å². The van der Waals surface area contributed by atoms with Crippen molar-refractivity contribution in [1.82, 2.24) is 14.9 Å². The molecular formula is C23H29F2N3O6S. The average Bonchev–Trinajstić information content (AvgIpc) is 2.76. The molecule has 1 fully saturated rings. The van der Waals surface area contributed by atoms with Crippen LogP contribution >= 0.6 is 0 Å². The number of rotatable bonds is 7. The summed E-state index contributed by atoms with van der Waals surface area (Å²) in [5.41, 5.74) is -0.374. The largest absolute Gasteiger partial charge is 0.475 e. The first kappa shape index (κ1) is 26.6. The van der Waals surface area contributed by atoms with Crippen molar-refractivity contribution in [1.29, 1.82) is 0 Å². The molecule has 0 radical (unpaired) electrons. The summed E-state index contributed by atoms with van der Waals surface area (Å²) >= 11 is 0. The number of benzene rings is 1. The molecule has 12 heteroatoms. The summed E-state index contributed by atoms with van der Waals surface area (Å²) in [7, 11) is -3.62. The summed E-state index contributed by atoms with van der Waals surface area (Å²) in [6.45, 7) is 8.59. The van der Waals surface area contributed by atoms with Crippen LogP contribution in [0.4, 0.5) is 13.6 Å². The summed E-state index contributed by atoms with van der Waals surface area (Å²) < 4.78 is 68.6. The number of carbonyl (C=O) groups excluding carboxylic acids is 1. The summed E-state index contributed by atoms with van der Waals surface area (Å²) in [5, 5.41) is 0. The molecule has 1 aromatic heterocycles. The SMILES string of the molecule is CC(C)OC(=O)N1CCC(C)(COc2ncnc(Oc3ccc(S(C)(=O)=O)cc3F)c2F)C(C)C1. The highest BCUT2D eigenvalue weighted by atomic mass is 32.2. The predicted molar refractivity (Wildman–Crippen MR) is 122 cm³/mol. The smallest absolute Gasteiger partial charge is 0.410 e. The summed E-state index contributed by atoms with van der Waals surface area (Å²) in [4.78, 5) is 21.1. The predicted octanol–water partition coefficient (Wildman–Crippen LogP) is 4.22. The molecule has 0 saturated carbocycles. The summed E-state index contributed by atoms with van der Waals surface area (Å²) in [6.07, 6.45) is 1.99. The number of piperidine rings is 1. The highest BCUT2D eigenvalue weighted by Crippen LogP contribution is 2.37. The average molecular weight is 514 g/mol. The number of halogens is 2. The zero-order chi connectivity index (χ0) is 26.0. The lowest BCUT2D eigenvalue weighted by Gasteiger charge is -2.43. The van der Waals surface area contributed by atoms with Crippen molar-refractivity contribution in [2.24, 2.45) is 11.3 Å². The van der Waals surface area contributed by atoms with E-state index in [1.54, 1.807) is 18.7 Å². The van der Waals surface area contributed by atoms with E-state index in [9.17, 15) is 22.0 Å². The lowest BCUT2D eigenvalue weighted by atomic mass is 9.73. The Morgan fingerprint density at radius 1 is 1.26 bits per heavy atom. The number of hydrogen-bond donors (Lipinski definition) is 0. The molecule has 35 heavy (non-hydrogen) atoms. The number of ether oxygens (including phenoxy) is 3. The number of amides is 1. The Bertz CT molecular complexity index is 1190. The molecule has 3 rings (SSSR count). The van der Waals surface area contributed by atoms with Crippen LogP contribution in [0.2, 0.25) is 0 Å². The molecule has 2 aromatic rings. The third-order valence-electron chi connectivity index (χ3n) is 6.03. The standard InChI is InChI=1S/C23H29F2N3O6S/c1-14(2)33-22(29)28-9-8-23(4,15(3)11-28)12-32-20-19(25)21(27-13-26-20)34-18-7-6-16(10-17(18)24)35(5,30)31/h6-7,10,13-15H,8-9,11-12H2,1-5H3. The highest BCUT2D eigenvalue weighted by molar-refractivity contribution is 7.90. The molecule has 1 aromatic carbocycles. The van der Waals surface area contributed by atoms with Crippen LogP contribution in [0.5, 0.6) is 17.5 Å². The second-order valence-corrected chi connectivity index (χ2v) is 11.3. The zero-order valence-electron chi connectivity index (χ0n) is 20.2. The minimum Gasteiger partial charge on any atom is -0.475 e. The zero-order valence-corrected chi connectivity index (χ0v) is 21.1. The summed E-state index contributed by atoms with van der Waals surface area (Å²) in [6, 6.07) is 3.01. The fourth-order valence-corrected chi connectivity index (χ4v) is 4.21. The van der Waals surface area contributed by atoms with Crippen molar-refractivity contribution in [3.05, 3.63) is 36.2 Å². The van der Waals surface area contributed by atoms with Gasteiger partial charge in [0.05, 0.1) is 17.6 Å². The van der Waals surface area contributed by atoms with Gasteiger partial charge in [0.2, 0.25) is 5.82 Å². The Balaban J connectivity index is 1.68. The van der Waals surface area contributed by atoms with Crippen molar-refractivity contribution >= 4 is 15.9 Å².